The highest BCUT2D eigenvalue weighted by molar-refractivity contribution is 5.93. The van der Waals surface area contributed by atoms with Crippen LogP contribution in [0, 0.1) is 0 Å². The minimum absolute atomic E-state index is 0.0782. The number of aromatic nitrogens is 1. The molecule has 6 nitrogen and oxygen atoms in total. The molecular formula is C31H47NO5. The number of unbranched alkanes of at least 4 members (excludes halogenated alkanes) is 5. The summed E-state index contributed by atoms with van der Waals surface area (Å²) >= 11 is 0. The van der Waals surface area contributed by atoms with Crippen LogP contribution < -0.4 is 0 Å². The monoisotopic (exact) mass is 513 g/mol. The van der Waals surface area contributed by atoms with Crippen molar-refractivity contribution in [3.63, 3.8) is 0 Å². The molecule has 0 amide bonds. The first-order valence-electron chi connectivity index (χ1n) is 14.0. The molecule has 0 aliphatic heterocycles. The summed E-state index contributed by atoms with van der Waals surface area (Å²) in [6, 6.07) is 3.36. The number of hydrogen-bond donors (Lipinski definition) is 1. The number of nitrogens with one attached hydrogen (secondary N) is 1. The average Bonchev–Trinajstić information content (AvgIpc) is 3.53. The van der Waals surface area contributed by atoms with Crippen LogP contribution in [0.4, 0.5) is 0 Å². The molecule has 0 fully saturated rings. The number of ether oxygens (including phenoxy) is 2. The summed E-state index contributed by atoms with van der Waals surface area (Å²) in [6.07, 6.45) is 24.9. The molecule has 0 saturated carbocycles. The quantitative estimate of drug-likeness (QED) is 0.122. The lowest BCUT2D eigenvalue weighted by molar-refractivity contribution is -0.147. The van der Waals surface area contributed by atoms with Gasteiger partial charge in [0.05, 0.1) is 11.8 Å². The molecule has 0 aliphatic rings. The van der Waals surface area contributed by atoms with Gasteiger partial charge in [-0.25, -0.2) is 4.79 Å². The standard InChI is InChI=1S/C29H41NO5.C2H6/c1-3-5-6-7-8-9-10-11-12-13-14-15-16-17-18-19-28(31)34-23-24(4-2)35-29(32)26-22-27-25(30-26)20-21-33-27;1-2/h5-6,8-9,11-12,20-22,24,30H,3-4,7,10,13-19,23H2,1-2H3;1-2H3/b6-5+,9-8+,12-11+;. The zero-order chi connectivity index (χ0) is 27.1. The first kappa shape index (κ1) is 32.0. The fraction of sp³-hybridized carbons (Fsp3) is 0.548. The van der Waals surface area contributed by atoms with Crippen molar-refractivity contribution in [1.29, 1.82) is 0 Å². The molecule has 1 unspecified atom stereocenters. The van der Waals surface area contributed by atoms with Crippen LogP contribution in [0.2, 0.25) is 0 Å². The Kier molecular flexibility index (Phi) is 18.3. The van der Waals surface area contributed by atoms with Crippen molar-refractivity contribution in [2.24, 2.45) is 0 Å². The van der Waals surface area contributed by atoms with Gasteiger partial charge in [-0.2, -0.15) is 0 Å². The summed E-state index contributed by atoms with van der Waals surface area (Å²) in [4.78, 5) is 27.3. The summed E-state index contributed by atoms with van der Waals surface area (Å²) in [6.45, 7) is 8.12. The number of H-pyrrole nitrogens is 1. The van der Waals surface area contributed by atoms with E-state index < -0.39 is 12.1 Å². The lowest BCUT2D eigenvalue weighted by atomic mass is 10.1. The highest BCUT2D eigenvalue weighted by atomic mass is 16.6. The summed E-state index contributed by atoms with van der Waals surface area (Å²) in [5.41, 5.74) is 1.67. The predicted molar refractivity (Wildman–Crippen MR) is 152 cm³/mol. The number of esters is 2. The summed E-state index contributed by atoms with van der Waals surface area (Å²) in [5.74, 6) is -0.719. The van der Waals surface area contributed by atoms with Crippen LogP contribution in [0.25, 0.3) is 11.1 Å². The lowest BCUT2D eigenvalue weighted by Crippen LogP contribution is -2.24. The second-order valence-corrected chi connectivity index (χ2v) is 8.60. The molecule has 0 radical (unpaired) electrons. The van der Waals surface area contributed by atoms with Gasteiger partial charge in [-0.3, -0.25) is 4.79 Å². The Hall–Kier alpha value is -3.02. The molecule has 0 bridgehead atoms. The number of allylic oxidation sites excluding steroid dienone is 6. The molecule has 0 spiro atoms. The molecule has 2 rings (SSSR count). The van der Waals surface area contributed by atoms with Crippen molar-refractivity contribution in [3.8, 4) is 0 Å². The molecule has 0 saturated heterocycles. The van der Waals surface area contributed by atoms with Gasteiger partial charge in [-0.1, -0.05) is 83.4 Å². The van der Waals surface area contributed by atoms with E-state index in [4.69, 9.17) is 13.9 Å². The SMILES string of the molecule is CC.CC/C=C/C/C=C/C/C=C/CCCCCCCC(=O)OCC(CC)OC(=O)c1cc2occc2[nH]1. The second-order valence-electron chi connectivity index (χ2n) is 8.60. The third kappa shape index (κ3) is 14.3. The number of furan rings is 1. The predicted octanol–water partition coefficient (Wildman–Crippen LogP) is 8.86. The normalized spacial score (nSPS) is 12.3. The van der Waals surface area contributed by atoms with E-state index in [1.54, 1.807) is 18.4 Å². The second kappa shape index (κ2) is 21.1. The number of carbonyl (C=O) groups is 2. The Morgan fingerprint density at radius 2 is 1.62 bits per heavy atom. The van der Waals surface area contributed by atoms with Crippen molar-refractivity contribution in [2.75, 3.05) is 6.61 Å². The molecule has 6 heteroatoms. The van der Waals surface area contributed by atoms with Gasteiger partial charge in [0.1, 0.15) is 18.4 Å². The van der Waals surface area contributed by atoms with Gasteiger partial charge in [0.25, 0.3) is 0 Å². The third-order valence-electron chi connectivity index (χ3n) is 5.65. The van der Waals surface area contributed by atoms with E-state index >= 15 is 0 Å². The van der Waals surface area contributed by atoms with Crippen LogP contribution >= 0.6 is 0 Å². The first-order valence-corrected chi connectivity index (χ1v) is 14.0. The molecular weight excluding hydrogens is 466 g/mol. The van der Waals surface area contributed by atoms with E-state index in [1.165, 1.54) is 12.8 Å². The Morgan fingerprint density at radius 3 is 2.32 bits per heavy atom. The zero-order valence-corrected chi connectivity index (χ0v) is 23.3. The van der Waals surface area contributed by atoms with Gasteiger partial charge in [-0.05, 0) is 44.9 Å². The smallest absolute Gasteiger partial charge is 0.355 e. The van der Waals surface area contributed by atoms with Gasteiger partial charge in [0.2, 0.25) is 0 Å². The minimum atomic E-state index is -0.481. The van der Waals surface area contributed by atoms with Crippen LogP contribution in [0.15, 0.2) is 59.3 Å². The lowest BCUT2D eigenvalue weighted by Gasteiger charge is -2.15. The molecule has 1 N–H and O–H groups in total. The van der Waals surface area contributed by atoms with Gasteiger partial charge in [-0.15, -0.1) is 0 Å². The van der Waals surface area contributed by atoms with Crippen molar-refractivity contribution in [3.05, 3.63) is 60.5 Å². The van der Waals surface area contributed by atoms with E-state index in [9.17, 15) is 9.59 Å². The molecule has 0 aromatic carbocycles. The molecule has 37 heavy (non-hydrogen) atoms. The topological polar surface area (TPSA) is 81.5 Å². The van der Waals surface area contributed by atoms with E-state index in [0.717, 1.165) is 50.5 Å². The van der Waals surface area contributed by atoms with Gasteiger partial charge < -0.3 is 18.9 Å². The van der Waals surface area contributed by atoms with E-state index in [1.807, 2.05) is 20.8 Å². The average molecular weight is 514 g/mol. The van der Waals surface area contributed by atoms with E-state index in [-0.39, 0.29) is 12.6 Å². The maximum atomic E-state index is 12.3. The van der Waals surface area contributed by atoms with E-state index in [2.05, 4.69) is 48.4 Å². The third-order valence-corrected chi connectivity index (χ3v) is 5.65. The van der Waals surface area contributed by atoms with Gasteiger partial charge >= 0.3 is 11.9 Å². The number of fused-ring (bicyclic) bond motifs is 1. The summed E-state index contributed by atoms with van der Waals surface area (Å²) in [7, 11) is 0. The zero-order valence-electron chi connectivity index (χ0n) is 23.3. The van der Waals surface area contributed by atoms with Crippen LogP contribution in [0.5, 0.6) is 0 Å². The largest absolute Gasteiger partial charge is 0.463 e. The number of rotatable bonds is 18. The molecule has 0 aliphatic carbocycles. The molecule has 2 aromatic rings. The highest BCUT2D eigenvalue weighted by Gasteiger charge is 2.19. The Labute approximate surface area is 223 Å². The highest BCUT2D eigenvalue weighted by Crippen LogP contribution is 2.17. The molecule has 1 atom stereocenters. The fourth-order valence-corrected chi connectivity index (χ4v) is 3.55. The van der Waals surface area contributed by atoms with Crippen molar-refractivity contribution in [2.45, 2.75) is 104 Å². The van der Waals surface area contributed by atoms with Crippen molar-refractivity contribution >= 4 is 23.0 Å². The summed E-state index contributed by atoms with van der Waals surface area (Å²) < 4.78 is 16.0. The van der Waals surface area contributed by atoms with Crippen molar-refractivity contribution in [1.82, 2.24) is 4.98 Å². The summed E-state index contributed by atoms with van der Waals surface area (Å²) in [5, 5.41) is 0. The maximum absolute atomic E-state index is 12.3. The first-order chi connectivity index (χ1) is 18.1. The van der Waals surface area contributed by atoms with Gasteiger partial charge in [0, 0.05) is 18.6 Å². The van der Waals surface area contributed by atoms with Gasteiger partial charge in [0.15, 0.2) is 5.58 Å². The van der Waals surface area contributed by atoms with Crippen LogP contribution in [-0.2, 0) is 14.3 Å². The molecule has 206 valence electrons. The Morgan fingerprint density at radius 1 is 0.946 bits per heavy atom. The van der Waals surface area contributed by atoms with E-state index in [0.29, 0.717) is 24.1 Å². The Bertz CT molecular complexity index is 921. The maximum Gasteiger partial charge on any atom is 0.355 e. The molecule has 2 heterocycles. The minimum Gasteiger partial charge on any atom is -0.463 e. The fourth-order valence-electron chi connectivity index (χ4n) is 3.55. The van der Waals surface area contributed by atoms with Crippen LogP contribution in [0.3, 0.4) is 0 Å². The Balaban J connectivity index is 0.00000334. The van der Waals surface area contributed by atoms with Crippen molar-refractivity contribution < 1.29 is 23.5 Å². The van der Waals surface area contributed by atoms with Crippen LogP contribution in [-0.4, -0.2) is 29.6 Å². The van der Waals surface area contributed by atoms with Crippen LogP contribution in [0.1, 0.15) is 109 Å². The number of carbonyl (C=O) groups excluding carboxylic acids is 2. The number of aromatic amines is 1. The number of hydrogen-bond acceptors (Lipinski definition) is 5. The molecule has 2 aromatic heterocycles.